The van der Waals surface area contributed by atoms with Crippen LogP contribution in [0.15, 0.2) is 77.7 Å². The van der Waals surface area contributed by atoms with Crippen LogP contribution in [-0.4, -0.2) is 26.1 Å². The highest BCUT2D eigenvalue weighted by molar-refractivity contribution is 9.10. The van der Waals surface area contributed by atoms with Gasteiger partial charge < -0.3 is 4.74 Å². The van der Waals surface area contributed by atoms with Crippen LogP contribution < -0.4 is 9.46 Å². The number of ether oxygens (including phenoxy) is 1. The predicted octanol–water partition coefficient (Wildman–Crippen LogP) is 5.32. The average molecular weight is 523 g/mol. The van der Waals surface area contributed by atoms with Crippen LogP contribution in [0.4, 0.5) is 0 Å². The van der Waals surface area contributed by atoms with Crippen LogP contribution in [0.3, 0.4) is 0 Å². The van der Waals surface area contributed by atoms with E-state index in [0.717, 1.165) is 5.56 Å². The molecule has 0 aliphatic heterocycles. The fraction of sp³-hybridized carbons (Fsp3) is 0.174. The van der Waals surface area contributed by atoms with Crippen LogP contribution in [0.1, 0.15) is 27.5 Å². The summed E-state index contributed by atoms with van der Waals surface area (Å²) in [6.07, 6.45) is 0. The van der Waals surface area contributed by atoms with Gasteiger partial charge in [-0.05, 0) is 61.0 Å². The van der Waals surface area contributed by atoms with Gasteiger partial charge in [-0.15, -0.1) is 0 Å². The smallest absolute Gasteiger partial charge is 0.241 e. The van der Waals surface area contributed by atoms with E-state index in [2.05, 4.69) is 20.7 Å². The van der Waals surface area contributed by atoms with E-state index in [1.54, 1.807) is 67.8 Å². The van der Waals surface area contributed by atoms with Gasteiger partial charge in [0.25, 0.3) is 0 Å². The molecule has 0 bridgehead atoms. The zero-order valence-electron chi connectivity index (χ0n) is 16.9. The van der Waals surface area contributed by atoms with Gasteiger partial charge >= 0.3 is 0 Å². The molecule has 0 aromatic heterocycles. The van der Waals surface area contributed by atoms with Crippen molar-refractivity contribution in [2.24, 2.45) is 0 Å². The second-order valence-corrected chi connectivity index (χ2v) is 10.1. The Bertz CT molecular complexity index is 1150. The standard InChI is InChI=1S/C23H21BrClNO4S/c1-15-3-13-20(14-4-15)31(28,29)26-22(16-7-11-19(30-2)12-8-16)21(24)23(27)17-5-9-18(25)10-6-17/h3-14,21-22,26H,1-2H3/t21-,22-/m1/s1. The van der Waals surface area contributed by atoms with Gasteiger partial charge in [0.1, 0.15) is 5.75 Å². The summed E-state index contributed by atoms with van der Waals surface area (Å²) in [5, 5.41) is 0.509. The fourth-order valence-electron chi connectivity index (χ4n) is 2.99. The predicted molar refractivity (Wildman–Crippen MR) is 126 cm³/mol. The third-order valence-corrected chi connectivity index (χ3v) is 7.41. The van der Waals surface area contributed by atoms with E-state index < -0.39 is 20.9 Å². The van der Waals surface area contributed by atoms with E-state index in [0.29, 0.717) is 21.9 Å². The molecule has 0 saturated heterocycles. The molecule has 2 atom stereocenters. The minimum Gasteiger partial charge on any atom is -0.497 e. The Morgan fingerprint density at radius 2 is 1.55 bits per heavy atom. The molecule has 8 heteroatoms. The average Bonchev–Trinajstić information content (AvgIpc) is 2.77. The topological polar surface area (TPSA) is 72.5 Å². The molecule has 0 aliphatic rings. The van der Waals surface area contributed by atoms with Gasteiger partial charge in [0.2, 0.25) is 10.0 Å². The highest BCUT2D eigenvalue weighted by Crippen LogP contribution is 2.29. The molecular weight excluding hydrogens is 502 g/mol. The van der Waals surface area contributed by atoms with Gasteiger partial charge in [0.15, 0.2) is 5.78 Å². The number of ketones is 1. The van der Waals surface area contributed by atoms with Crippen molar-refractivity contribution < 1.29 is 17.9 Å². The third-order valence-electron chi connectivity index (χ3n) is 4.76. The SMILES string of the molecule is COc1ccc([C@@H](NS(=O)(=O)c2ccc(C)cc2)[C@@H](Br)C(=O)c2ccc(Cl)cc2)cc1. The maximum Gasteiger partial charge on any atom is 0.241 e. The van der Waals surface area contributed by atoms with Crippen molar-refractivity contribution in [1.29, 1.82) is 0 Å². The molecule has 0 heterocycles. The molecule has 0 unspecified atom stereocenters. The second-order valence-electron chi connectivity index (χ2n) is 6.96. The summed E-state index contributed by atoms with van der Waals surface area (Å²) in [5.41, 5.74) is 1.97. The van der Waals surface area contributed by atoms with Crippen molar-refractivity contribution in [2.45, 2.75) is 22.7 Å². The zero-order valence-corrected chi connectivity index (χ0v) is 20.0. The molecule has 0 fully saturated rings. The summed E-state index contributed by atoms with van der Waals surface area (Å²) in [7, 11) is -2.35. The number of methoxy groups -OCH3 is 1. The lowest BCUT2D eigenvalue weighted by atomic mass is 9.98. The van der Waals surface area contributed by atoms with E-state index >= 15 is 0 Å². The zero-order chi connectivity index (χ0) is 22.6. The number of Topliss-reactive ketones (excluding diaryl/α,β-unsaturated/α-hetero) is 1. The highest BCUT2D eigenvalue weighted by atomic mass is 79.9. The maximum atomic E-state index is 13.1. The number of benzene rings is 3. The lowest BCUT2D eigenvalue weighted by Gasteiger charge is -2.24. The number of hydrogen-bond donors (Lipinski definition) is 1. The van der Waals surface area contributed by atoms with Gasteiger partial charge in [-0.25, -0.2) is 13.1 Å². The van der Waals surface area contributed by atoms with Crippen LogP contribution in [0.2, 0.25) is 5.02 Å². The summed E-state index contributed by atoms with van der Waals surface area (Å²) in [5.74, 6) is 0.350. The summed E-state index contributed by atoms with van der Waals surface area (Å²) in [6.45, 7) is 1.88. The lowest BCUT2D eigenvalue weighted by molar-refractivity contribution is 0.0982. The summed E-state index contributed by atoms with van der Waals surface area (Å²) >= 11 is 9.36. The molecule has 1 N–H and O–H groups in total. The van der Waals surface area contributed by atoms with Crippen LogP contribution >= 0.6 is 27.5 Å². The summed E-state index contributed by atoms with van der Waals surface area (Å²) in [4.78, 5) is 12.4. The van der Waals surface area contributed by atoms with E-state index in [1.807, 2.05) is 6.92 Å². The summed E-state index contributed by atoms with van der Waals surface area (Å²) < 4.78 is 34.0. The molecule has 0 aliphatic carbocycles. The lowest BCUT2D eigenvalue weighted by Crippen LogP contribution is -2.37. The number of aryl methyl sites for hydroxylation is 1. The minimum atomic E-state index is -3.89. The first-order valence-electron chi connectivity index (χ1n) is 9.38. The number of alkyl halides is 1. The Morgan fingerprint density at radius 1 is 0.968 bits per heavy atom. The Balaban J connectivity index is 1.98. The third kappa shape index (κ3) is 5.74. The van der Waals surface area contributed by atoms with Gasteiger partial charge in [0, 0.05) is 10.6 Å². The number of nitrogens with one attached hydrogen (secondary N) is 1. The van der Waals surface area contributed by atoms with E-state index in [4.69, 9.17) is 16.3 Å². The van der Waals surface area contributed by atoms with Crippen molar-refractivity contribution in [2.75, 3.05) is 7.11 Å². The van der Waals surface area contributed by atoms with Crippen molar-refractivity contribution in [1.82, 2.24) is 4.72 Å². The molecule has 0 saturated carbocycles. The van der Waals surface area contributed by atoms with Crippen molar-refractivity contribution in [3.63, 3.8) is 0 Å². The van der Waals surface area contributed by atoms with Crippen molar-refractivity contribution in [3.05, 3.63) is 94.5 Å². The van der Waals surface area contributed by atoms with Crippen LogP contribution in [0.5, 0.6) is 5.75 Å². The fourth-order valence-corrected chi connectivity index (χ4v) is 5.22. The number of carbonyl (C=O) groups excluding carboxylic acids is 1. The molecule has 0 radical (unpaired) electrons. The monoisotopic (exact) mass is 521 g/mol. The first kappa shape index (κ1) is 23.5. The molecule has 3 aromatic carbocycles. The van der Waals surface area contributed by atoms with Gasteiger partial charge in [-0.2, -0.15) is 0 Å². The molecule has 3 aromatic rings. The van der Waals surface area contributed by atoms with Crippen molar-refractivity contribution in [3.8, 4) is 5.75 Å². The Kier molecular flexibility index (Phi) is 7.54. The summed E-state index contributed by atoms with van der Waals surface area (Å²) in [6, 6.07) is 19.0. The quantitative estimate of drug-likeness (QED) is 0.321. The second kappa shape index (κ2) is 9.96. The Morgan fingerprint density at radius 3 is 2.10 bits per heavy atom. The van der Waals surface area contributed by atoms with Crippen molar-refractivity contribution >= 4 is 43.3 Å². The van der Waals surface area contributed by atoms with Gasteiger partial charge in [-0.1, -0.05) is 57.4 Å². The molecule has 162 valence electrons. The van der Waals surface area contributed by atoms with E-state index in [-0.39, 0.29) is 10.7 Å². The Labute approximate surface area is 195 Å². The molecule has 5 nitrogen and oxygen atoms in total. The first-order valence-corrected chi connectivity index (χ1v) is 12.2. The molecule has 3 rings (SSSR count). The molecular formula is C23H21BrClNO4S. The molecule has 0 amide bonds. The van der Waals surface area contributed by atoms with Crippen LogP contribution in [0, 0.1) is 6.92 Å². The van der Waals surface area contributed by atoms with Gasteiger partial charge in [-0.3, -0.25) is 4.79 Å². The van der Waals surface area contributed by atoms with E-state index in [1.165, 1.54) is 12.1 Å². The number of halogens is 2. The largest absolute Gasteiger partial charge is 0.497 e. The van der Waals surface area contributed by atoms with E-state index in [9.17, 15) is 13.2 Å². The number of hydrogen-bond acceptors (Lipinski definition) is 4. The number of sulfonamides is 1. The molecule has 0 spiro atoms. The minimum absolute atomic E-state index is 0.121. The molecule has 31 heavy (non-hydrogen) atoms. The number of carbonyl (C=O) groups is 1. The highest BCUT2D eigenvalue weighted by Gasteiger charge is 2.32. The van der Waals surface area contributed by atoms with Crippen LogP contribution in [-0.2, 0) is 10.0 Å². The number of rotatable bonds is 8. The Hall–Kier alpha value is -2.19. The normalized spacial score (nSPS) is 13.4. The van der Waals surface area contributed by atoms with Crippen LogP contribution in [0.25, 0.3) is 0 Å². The maximum absolute atomic E-state index is 13.1. The first-order chi connectivity index (χ1) is 14.7. The van der Waals surface area contributed by atoms with Gasteiger partial charge in [0.05, 0.1) is 22.9 Å².